The molecule has 12 nitrogen and oxygen atoms in total. The molecule has 0 saturated carbocycles. The van der Waals surface area contributed by atoms with E-state index in [4.69, 9.17) is 13.7 Å². The summed E-state index contributed by atoms with van der Waals surface area (Å²) in [5.41, 5.74) is 2.43. The third kappa shape index (κ3) is 10.4. The fourth-order valence-electron chi connectivity index (χ4n) is 6.71. The van der Waals surface area contributed by atoms with Gasteiger partial charge in [-0.05, 0) is 69.7 Å². The number of halogens is 2. The summed E-state index contributed by atoms with van der Waals surface area (Å²) in [4.78, 5) is 14.7. The second-order valence-electron chi connectivity index (χ2n) is 13.4. The summed E-state index contributed by atoms with van der Waals surface area (Å²) in [5.74, 6) is -2.62. The van der Waals surface area contributed by atoms with Crippen molar-refractivity contribution < 1.29 is 40.8 Å². The van der Waals surface area contributed by atoms with E-state index < -0.39 is 28.1 Å². The van der Waals surface area contributed by atoms with Crippen molar-refractivity contribution in [3.8, 4) is 5.75 Å². The molecule has 0 aliphatic carbocycles. The minimum atomic E-state index is -3.40. The number of carbonyl (C=O) groups is 1. The van der Waals surface area contributed by atoms with Crippen LogP contribution in [0.15, 0.2) is 36.4 Å². The highest BCUT2D eigenvalue weighted by atomic mass is 32.2. The monoisotopic (exact) mass is 747 g/mol. The van der Waals surface area contributed by atoms with Crippen LogP contribution in [0.3, 0.4) is 0 Å². The molecule has 1 amide bonds. The number of aromatic nitrogens is 2. The molecule has 2 saturated heterocycles. The molecule has 15 heteroatoms. The predicted octanol–water partition coefficient (Wildman–Crippen LogP) is 6.61. The Kier molecular flexibility index (Phi) is 13.9. The Balaban J connectivity index is 1.21. The third-order valence-electron chi connectivity index (χ3n) is 9.85. The Morgan fingerprint density at radius 1 is 1.00 bits per heavy atom. The SMILES string of the molecule is CCS(=O)(=O)OCCCCCCCOc1cc2c(C)nnc(NCCc3cccc(C(F)(F)C4CCN(C(=O)O)CC4)c3)c2cc1N1CCOCC1. The first-order valence-electron chi connectivity index (χ1n) is 18.3. The van der Waals surface area contributed by atoms with Crippen LogP contribution in [0, 0.1) is 12.8 Å². The van der Waals surface area contributed by atoms with Gasteiger partial charge < -0.3 is 29.7 Å². The van der Waals surface area contributed by atoms with Crippen molar-refractivity contribution in [1.29, 1.82) is 0 Å². The Bertz CT molecular complexity index is 1750. The molecule has 2 aromatic carbocycles. The molecule has 3 heterocycles. The van der Waals surface area contributed by atoms with Crippen LogP contribution >= 0.6 is 0 Å². The minimum absolute atomic E-state index is 0.0163. The number of likely N-dealkylation sites (tertiary alicyclic amines) is 1. The van der Waals surface area contributed by atoms with Gasteiger partial charge in [0.25, 0.3) is 16.0 Å². The smallest absolute Gasteiger partial charge is 0.407 e. The summed E-state index contributed by atoms with van der Waals surface area (Å²) in [6.45, 7) is 7.56. The number of nitrogens with zero attached hydrogens (tertiary/aromatic N) is 4. The second kappa shape index (κ2) is 18.3. The molecule has 0 radical (unpaired) electrons. The number of fused-ring (bicyclic) bond motifs is 1. The number of nitrogens with one attached hydrogen (secondary N) is 1. The van der Waals surface area contributed by atoms with Gasteiger partial charge in [0.1, 0.15) is 5.75 Å². The number of rotatable bonds is 18. The average Bonchev–Trinajstić information content (AvgIpc) is 3.15. The molecule has 52 heavy (non-hydrogen) atoms. The number of hydrogen-bond acceptors (Lipinski definition) is 10. The van der Waals surface area contributed by atoms with Gasteiger partial charge in [0.2, 0.25) is 0 Å². The van der Waals surface area contributed by atoms with Gasteiger partial charge in [0, 0.05) is 55.0 Å². The van der Waals surface area contributed by atoms with Crippen molar-refractivity contribution in [3.63, 3.8) is 0 Å². The molecule has 0 atom stereocenters. The summed E-state index contributed by atoms with van der Waals surface area (Å²) in [6.07, 6.45) is 4.00. The topological polar surface area (TPSA) is 143 Å². The van der Waals surface area contributed by atoms with Crippen molar-refractivity contribution in [1.82, 2.24) is 15.1 Å². The van der Waals surface area contributed by atoms with Crippen molar-refractivity contribution in [2.45, 2.75) is 71.1 Å². The maximum atomic E-state index is 15.5. The summed E-state index contributed by atoms with van der Waals surface area (Å²) in [7, 11) is -3.40. The highest BCUT2D eigenvalue weighted by Crippen LogP contribution is 2.42. The summed E-state index contributed by atoms with van der Waals surface area (Å²) < 4.78 is 71.0. The Morgan fingerprint density at radius 2 is 1.71 bits per heavy atom. The van der Waals surface area contributed by atoms with Crippen LogP contribution in [-0.2, 0) is 31.4 Å². The fourth-order valence-corrected chi connectivity index (χ4v) is 7.25. The van der Waals surface area contributed by atoms with Gasteiger partial charge in [0.05, 0.1) is 43.6 Å². The second-order valence-corrected chi connectivity index (χ2v) is 15.4. The zero-order valence-corrected chi connectivity index (χ0v) is 30.9. The largest absolute Gasteiger partial charge is 0.491 e. The van der Waals surface area contributed by atoms with Gasteiger partial charge in [-0.25, -0.2) is 13.6 Å². The number of benzene rings is 2. The van der Waals surface area contributed by atoms with Gasteiger partial charge >= 0.3 is 6.09 Å². The maximum Gasteiger partial charge on any atom is 0.407 e. The zero-order valence-electron chi connectivity index (χ0n) is 30.1. The maximum absolute atomic E-state index is 15.5. The van der Waals surface area contributed by atoms with Gasteiger partial charge in [-0.2, -0.15) is 13.5 Å². The van der Waals surface area contributed by atoms with Gasteiger partial charge in [-0.15, -0.1) is 5.10 Å². The molecule has 2 aliphatic rings. The van der Waals surface area contributed by atoms with Crippen molar-refractivity contribution >= 4 is 38.5 Å². The van der Waals surface area contributed by atoms with Crippen LogP contribution in [0.25, 0.3) is 10.8 Å². The quantitative estimate of drug-likeness (QED) is 0.107. The number of unbranched alkanes of at least 4 members (excludes halogenated alkanes) is 4. The Hall–Kier alpha value is -3.82. The van der Waals surface area contributed by atoms with E-state index in [-0.39, 0.29) is 43.9 Å². The van der Waals surface area contributed by atoms with Crippen LogP contribution in [-0.4, -0.2) is 99.6 Å². The lowest BCUT2D eigenvalue weighted by Gasteiger charge is -2.34. The van der Waals surface area contributed by atoms with Crippen LogP contribution in [0.1, 0.15) is 68.7 Å². The van der Waals surface area contributed by atoms with E-state index in [0.29, 0.717) is 45.0 Å². The highest BCUT2D eigenvalue weighted by Gasteiger charge is 2.43. The molecule has 286 valence electrons. The van der Waals surface area contributed by atoms with Crippen LogP contribution < -0.4 is 15.0 Å². The average molecular weight is 748 g/mol. The van der Waals surface area contributed by atoms with Crippen molar-refractivity contribution in [2.75, 3.05) is 75.1 Å². The van der Waals surface area contributed by atoms with Gasteiger partial charge in [0.15, 0.2) is 5.82 Å². The number of amides is 1. The molecule has 1 aromatic heterocycles. The molecule has 2 aliphatic heterocycles. The molecule has 2 N–H and O–H groups in total. The lowest BCUT2D eigenvalue weighted by Crippen LogP contribution is -2.41. The first kappa shape index (κ1) is 39.4. The molecule has 0 bridgehead atoms. The van der Waals surface area contributed by atoms with Crippen LogP contribution in [0.4, 0.5) is 25.1 Å². The third-order valence-corrected chi connectivity index (χ3v) is 11.1. The standard InChI is InChI=1S/C37H51F2N5O7S/c1-3-52(47,48)51-21-8-6-4-5-7-20-50-34-26-31-27(2)41-42-35(32(31)25-33(34)43-18-22-49-23-19-43)40-15-12-28-10-9-11-30(24-28)37(38,39)29-13-16-44(17-14-29)36(45)46/h9-11,24-26,29H,3-8,12-23H2,1-2H3,(H,40,42)(H,45,46). The van der Waals surface area contributed by atoms with E-state index in [0.717, 1.165) is 72.2 Å². The van der Waals surface area contributed by atoms with Gasteiger partial charge in [-0.3, -0.25) is 4.18 Å². The number of hydrogen-bond donors (Lipinski definition) is 2. The van der Waals surface area contributed by atoms with Crippen molar-refractivity contribution in [3.05, 3.63) is 53.2 Å². The van der Waals surface area contributed by atoms with E-state index in [1.165, 1.54) is 11.0 Å². The fraction of sp³-hybridized carbons (Fsp3) is 0.595. The molecule has 0 spiro atoms. The summed E-state index contributed by atoms with van der Waals surface area (Å²) in [6, 6.07) is 10.6. The summed E-state index contributed by atoms with van der Waals surface area (Å²) >= 11 is 0. The minimum Gasteiger partial charge on any atom is -0.491 e. The molecule has 0 unspecified atom stereocenters. The number of aryl methyl sites for hydroxylation is 1. The Morgan fingerprint density at radius 3 is 2.42 bits per heavy atom. The van der Waals surface area contributed by atoms with Crippen LogP contribution in [0.2, 0.25) is 0 Å². The molecule has 5 rings (SSSR count). The number of anilines is 2. The highest BCUT2D eigenvalue weighted by molar-refractivity contribution is 7.86. The van der Waals surface area contributed by atoms with Crippen molar-refractivity contribution in [2.24, 2.45) is 5.92 Å². The van der Waals surface area contributed by atoms with E-state index >= 15 is 8.78 Å². The normalized spacial score (nSPS) is 16.0. The number of ether oxygens (including phenoxy) is 2. The summed E-state index contributed by atoms with van der Waals surface area (Å²) in [5, 5.41) is 23.3. The zero-order chi connectivity index (χ0) is 37.1. The molecular weight excluding hydrogens is 696 g/mol. The molecular formula is C37H51F2N5O7S. The lowest BCUT2D eigenvalue weighted by atomic mass is 9.86. The molecule has 2 fully saturated rings. The number of morpholine rings is 1. The van der Waals surface area contributed by atoms with Gasteiger partial charge in [-0.1, -0.05) is 37.5 Å². The molecule has 3 aromatic rings. The van der Waals surface area contributed by atoms with E-state index in [1.807, 2.05) is 19.1 Å². The number of alkyl halides is 2. The first-order valence-corrected chi connectivity index (χ1v) is 19.9. The van der Waals surface area contributed by atoms with Crippen LogP contribution in [0.5, 0.6) is 5.75 Å². The lowest BCUT2D eigenvalue weighted by molar-refractivity contribution is -0.0836. The Labute approximate surface area is 304 Å². The van der Waals surface area contributed by atoms with E-state index in [1.54, 1.807) is 19.1 Å². The van der Waals surface area contributed by atoms with E-state index in [9.17, 15) is 18.3 Å². The predicted molar refractivity (Wildman–Crippen MR) is 196 cm³/mol. The first-order chi connectivity index (χ1) is 25.0. The van der Waals surface area contributed by atoms with E-state index in [2.05, 4.69) is 26.5 Å². The number of piperidine rings is 1. The number of carboxylic acid groups (broad SMARTS) is 1.